The fourth-order valence-corrected chi connectivity index (χ4v) is 3.94. The Morgan fingerprint density at radius 2 is 1.90 bits per heavy atom. The molecule has 1 radical (unpaired) electrons. The fraction of sp³-hybridized carbons (Fsp3) is 0.296. The molecule has 0 bridgehead atoms. The van der Waals surface area contributed by atoms with Crippen LogP contribution in [-0.4, -0.2) is 60.8 Å². The summed E-state index contributed by atoms with van der Waals surface area (Å²) >= 11 is 5.97. The van der Waals surface area contributed by atoms with Gasteiger partial charge in [0.05, 0.1) is 11.1 Å². The Morgan fingerprint density at radius 3 is 2.67 bits per heavy atom. The molecular weight excluding hydrogens is 546 g/mol. The van der Waals surface area contributed by atoms with Gasteiger partial charge in [-0.3, -0.25) is 5.32 Å². The lowest BCUT2D eigenvalue weighted by Crippen LogP contribution is -2.46. The molecule has 3 aromatic rings. The van der Waals surface area contributed by atoms with Crippen LogP contribution < -0.4 is 21.3 Å². The number of ether oxygens (including phenoxy) is 1. The first kappa shape index (κ1) is 30.4. The number of halogens is 3. The van der Waals surface area contributed by atoms with Gasteiger partial charge in [0.1, 0.15) is 24.1 Å². The number of rotatable bonds is 11. The maximum atomic E-state index is 13.7. The van der Waals surface area contributed by atoms with Gasteiger partial charge in [0, 0.05) is 38.3 Å². The van der Waals surface area contributed by atoms with E-state index >= 15 is 0 Å². The summed E-state index contributed by atoms with van der Waals surface area (Å²) in [5, 5.41) is 11.5. The second-order valence-electron chi connectivity index (χ2n) is 8.75. The van der Waals surface area contributed by atoms with Crippen molar-refractivity contribution in [3.63, 3.8) is 0 Å². The molecule has 40 heavy (non-hydrogen) atoms. The molecule has 1 aromatic heterocycles. The van der Waals surface area contributed by atoms with Crippen LogP contribution in [0, 0.1) is 18.6 Å². The SMILES string of the molecule is [CH2]CNC(=O)NCCC[C@@H](COC(=O)Nc1cc2cc(F)ccc2cn1)N(C)C(=O)NCc1cccc(F)c1Cl. The molecule has 1 heterocycles. The molecule has 2 aromatic carbocycles. The highest BCUT2D eigenvalue weighted by Gasteiger charge is 2.22. The highest BCUT2D eigenvalue weighted by molar-refractivity contribution is 6.31. The summed E-state index contributed by atoms with van der Waals surface area (Å²) < 4.78 is 32.6. The largest absolute Gasteiger partial charge is 0.447 e. The van der Waals surface area contributed by atoms with Crippen LogP contribution in [0.1, 0.15) is 18.4 Å². The number of amides is 5. The number of pyridine rings is 1. The van der Waals surface area contributed by atoms with Crippen molar-refractivity contribution in [2.45, 2.75) is 25.4 Å². The molecule has 0 aliphatic carbocycles. The molecule has 1 atom stereocenters. The third-order valence-electron chi connectivity index (χ3n) is 5.94. The molecule has 5 amide bonds. The number of hydrogen-bond donors (Lipinski definition) is 4. The number of aromatic nitrogens is 1. The quantitative estimate of drug-likeness (QED) is 0.244. The topological polar surface area (TPSA) is 125 Å². The number of anilines is 1. The van der Waals surface area contributed by atoms with Crippen LogP contribution in [-0.2, 0) is 11.3 Å². The van der Waals surface area contributed by atoms with Crippen molar-refractivity contribution >= 4 is 46.3 Å². The number of nitrogens with one attached hydrogen (secondary N) is 4. The van der Waals surface area contributed by atoms with Crippen LogP contribution in [0.2, 0.25) is 5.02 Å². The highest BCUT2D eigenvalue weighted by atomic mass is 35.5. The molecule has 0 unspecified atom stereocenters. The summed E-state index contributed by atoms with van der Waals surface area (Å²) in [6, 6.07) is 8.56. The van der Waals surface area contributed by atoms with Crippen molar-refractivity contribution in [2.75, 3.05) is 32.1 Å². The summed E-state index contributed by atoms with van der Waals surface area (Å²) in [7, 11) is 1.52. The molecule has 0 spiro atoms. The van der Waals surface area contributed by atoms with Crippen molar-refractivity contribution < 1.29 is 27.9 Å². The van der Waals surface area contributed by atoms with Gasteiger partial charge in [0.25, 0.3) is 0 Å². The van der Waals surface area contributed by atoms with E-state index in [-0.39, 0.29) is 36.6 Å². The van der Waals surface area contributed by atoms with Gasteiger partial charge < -0.3 is 25.6 Å². The van der Waals surface area contributed by atoms with Gasteiger partial charge in [-0.15, -0.1) is 0 Å². The number of benzene rings is 2. The molecular formula is C27H30ClF2N6O4. The summed E-state index contributed by atoms with van der Waals surface area (Å²) in [5.41, 5.74) is 0.402. The molecule has 213 valence electrons. The number of likely N-dealkylation sites (N-methyl/N-ethyl adjacent to an activating group) is 1. The Balaban J connectivity index is 1.60. The fourth-order valence-electron chi connectivity index (χ4n) is 3.74. The minimum absolute atomic E-state index is 0.0190. The summed E-state index contributed by atoms with van der Waals surface area (Å²) in [4.78, 5) is 42.5. The maximum Gasteiger partial charge on any atom is 0.412 e. The van der Waals surface area contributed by atoms with Crippen LogP contribution in [0.4, 0.5) is 29.0 Å². The van der Waals surface area contributed by atoms with E-state index in [1.807, 2.05) is 0 Å². The maximum absolute atomic E-state index is 13.7. The summed E-state index contributed by atoms with van der Waals surface area (Å²) in [6.07, 6.45) is 1.51. The Labute approximate surface area is 235 Å². The lowest BCUT2D eigenvalue weighted by Gasteiger charge is -2.28. The van der Waals surface area contributed by atoms with Crippen molar-refractivity contribution in [2.24, 2.45) is 0 Å². The minimum atomic E-state index is -0.818. The molecule has 0 fully saturated rings. The van der Waals surface area contributed by atoms with Gasteiger partial charge in [0.15, 0.2) is 0 Å². The van der Waals surface area contributed by atoms with Gasteiger partial charge in [-0.05, 0) is 61.0 Å². The van der Waals surface area contributed by atoms with Crippen molar-refractivity contribution in [3.05, 3.63) is 77.8 Å². The number of nitrogens with zero attached hydrogens (tertiary/aromatic N) is 2. The van der Waals surface area contributed by atoms with Gasteiger partial charge in [-0.2, -0.15) is 0 Å². The van der Waals surface area contributed by atoms with Crippen molar-refractivity contribution in [1.29, 1.82) is 0 Å². The third kappa shape index (κ3) is 8.94. The Bertz CT molecular complexity index is 1350. The van der Waals surface area contributed by atoms with Crippen LogP contribution in [0.3, 0.4) is 0 Å². The predicted molar refractivity (Wildman–Crippen MR) is 148 cm³/mol. The third-order valence-corrected chi connectivity index (χ3v) is 6.36. The average Bonchev–Trinajstić information content (AvgIpc) is 2.92. The van der Waals surface area contributed by atoms with Gasteiger partial charge >= 0.3 is 18.2 Å². The molecule has 0 aliphatic rings. The van der Waals surface area contributed by atoms with Crippen molar-refractivity contribution in [3.8, 4) is 0 Å². The molecule has 0 saturated carbocycles. The van der Waals surface area contributed by atoms with E-state index in [0.29, 0.717) is 35.7 Å². The van der Waals surface area contributed by atoms with Crippen LogP contribution >= 0.6 is 11.6 Å². The van der Waals surface area contributed by atoms with Gasteiger partial charge in [-0.25, -0.2) is 28.1 Å². The lowest BCUT2D eigenvalue weighted by molar-refractivity contribution is 0.113. The predicted octanol–water partition coefficient (Wildman–Crippen LogP) is 4.84. The molecule has 4 N–H and O–H groups in total. The van der Waals surface area contributed by atoms with Crippen LogP contribution in [0.25, 0.3) is 10.8 Å². The smallest absolute Gasteiger partial charge is 0.412 e. The second kappa shape index (κ2) is 14.8. The molecule has 13 heteroatoms. The number of carbonyl (C=O) groups excluding carboxylic acids is 3. The molecule has 3 rings (SSSR count). The van der Waals surface area contributed by atoms with E-state index in [9.17, 15) is 23.2 Å². The van der Waals surface area contributed by atoms with Gasteiger partial charge in [-0.1, -0.05) is 23.7 Å². The van der Waals surface area contributed by atoms with Gasteiger partial charge in [0.2, 0.25) is 0 Å². The lowest BCUT2D eigenvalue weighted by atomic mass is 10.1. The minimum Gasteiger partial charge on any atom is -0.447 e. The molecule has 0 aliphatic heterocycles. The first-order valence-electron chi connectivity index (χ1n) is 12.4. The summed E-state index contributed by atoms with van der Waals surface area (Å²) in [6.45, 7) is 3.88. The zero-order valence-corrected chi connectivity index (χ0v) is 22.6. The van der Waals surface area contributed by atoms with Crippen molar-refractivity contribution in [1.82, 2.24) is 25.8 Å². The Kier molecular flexibility index (Phi) is 11.2. The molecule has 0 saturated heterocycles. The number of urea groups is 2. The Hall–Kier alpha value is -4.19. The van der Waals surface area contributed by atoms with E-state index in [0.717, 1.165) is 0 Å². The highest BCUT2D eigenvalue weighted by Crippen LogP contribution is 2.20. The monoisotopic (exact) mass is 575 g/mol. The number of carbonyl (C=O) groups is 3. The van der Waals surface area contributed by atoms with E-state index in [1.54, 1.807) is 12.1 Å². The molecule has 10 nitrogen and oxygen atoms in total. The average molecular weight is 576 g/mol. The number of hydrogen-bond acceptors (Lipinski definition) is 5. The second-order valence-corrected chi connectivity index (χ2v) is 9.12. The van der Waals surface area contributed by atoms with E-state index in [4.69, 9.17) is 16.3 Å². The Morgan fingerprint density at radius 1 is 1.10 bits per heavy atom. The van der Waals surface area contributed by atoms with E-state index < -0.39 is 29.8 Å². The normalized spacial score (nSPS) is 11.4. The standard InChI is InChI=1S/C27H30ClF2N6O4/c1-3-31-25(37)32-11-5-7-21(36(2)26(38)34-15-18-6-4-8-22(30)24(18)28)16-40-27(39)35-23-13-19-12-20(29)10-9-17(19)14-33-23/h4,6,8-10,12-14,21H,1,3,5,7,11,15-16H2,2H3,(H,34,38)(H2,31,32,37)(H,33,35,39)/t21-/m0/s1. The first-order valence-corrected chi connectivity index (χ1v) is 12.8. The van der Waals surface area contributed by atoms with Crippen LogP contribution in [0.15, 0.2) is 48.7 Å². The number of fused-ring (bicyclic) bond motifs is 1. The van der Waals surface area contributed by atoms with Crippen LogP contribution in [0.5, 0.6) is 0 Å². The summed E-state index contributed by atoms with van der Waals surface area (Å²) in [5.74, 6) is -0.854. The zero-order chi connectivity index (χ0) is 29.1. The zero-order valence-electron chi connectivity index (χ0n) is 21.8. The van der Waals surface area contributed by atoms with E-state index in [2.05, 4.69) is 33.2 Å². The van der Waals surface area contributed by atoms with E-state index in [1.165, 1.54) is 48.5 Å². The first-order chi connectivity index (χ1) is 19.2.